The summed E-state index contributed by atoms with van der Waals surface area (Å²) in [5.41, 5.74) is 0.957. The fourth-order valence-corrected chi connectivity index (χ4v) is 2.47. The normalized spacial score (nSPS) is 19.1. The first-order chi connectivity index (χ1) is 10.1. The smallest absolute Gasteiger partial charge is 0.308 e. The Labute approximate surface area is 124 Å². The quantitative estimate of drug-likeness (QED) is 0.800. The minimum absolute atomic E-state index is 0.0117. The molecule has 0 saturated carbocycles. The number of carboxylic acid groups (broad SMARTS) is 1. The van der Waals surface area contributed by atoms with Gasteiger partial charge in [0.15, 0.2) is 0 Å². The van der Waals surface area contributed by atoms with E-state index in [1.807, 2.05) is 30.3 Å². The van der Waals surface area contributed by atoms with Crippen molar-refractivity contribution in [1.82, 2.24) is 5.32 Å². The number of nitrogens with one attached hydrogen (secondary N) is 1. The van der Waals surface area contributed by atoms with Crippen LogP contribution in [0.15, 0.2) is 30.3 Å². The number of hydrogen-bond donors (Lipinski definition) is 2. The Morgan fingerprint density at radius 3 is 2.71 bits per heavy atom. The third-order valence-corrected chi connectivity index (χ3v) is 3.66. The molecular weight excluding hydrogens is 270 g/mol. The molecule has 1 amide bonds. The van der Waals surface area contributed by atoms with Gasteiger partial charge in [0, 0.05) is 13.2 Å². The lowest BCUT2D eigenvalue weighted by atomic mass is 9.99. The van der Waals surface area contributed by atoms with Gasteiger partial charge in [-0.25, -0.2) is 0 Å². The first kappa shape index (κ1) is 15.5. The van der Waals surface area contributed by atoms with Gasteiger partial charge in [-0.3, -0.25) is 9.59 Å². The summed E-state index contributed by atoms with van der Waals surface area (Å²) in [4.78, 5) is 23.1. The summed E-state index contributed by atoms with van der Waals surface area (Å²) in [6, 6.07) is 9.44. The van der Waals surface area contributed by atoms with Gasteiger partial charge >= 0.3 is 5.97 Å². The van der Waals surface area contributed by atoms with E-state index < -0.39 is 11.9 Å². The largest absolute Gasteiger partial charge is 0.481 e. The molecule has 2 N–H and O–H groups in total. The molecule has 0 spiro atoms. The minimum atomic E-state index is -0.892. The van der Waals surface area contributed by atoms with Gasteiger partial charge in [0.1, 0.15) is 0 Å². The first-order valence-electron chi connectivity index (χ1n) is 7.30. The van der Waals surface area contributed by atoms with Gasteiger partial charge in [0.25, 0.3) is 0 Å². The second kappa shape index (κ2) is 7.78. The molecule has 2 unspecified atom stereocenters. The molecule has 5 nitrogen and oxygen atoms in total. The van der Waals surface area contributed by atoms with Gasteiger partial charge < -0.3 is 15.2 Å². The molecule has 114 valence electrons. The average molecular weight is 291 g/mol. The maximum absolute atomic E-state index is 11.8. The number of rotatable bonds is 7. The van der Waals surface area contributed by atoms with Crippen molar-refractivity contribution in [3.05, 3.63) is 35.9 Å². The molecule has 1 aliphatic heterocycles. The van der Waals surface area contributed by atoms with Crippen molar-refractivity contribution in [3.8, 4) is 0 Å². The fourth-order valence-electron chi connectivity index (χ4n) is 2.47. The number of carbonyl (C=O) groups is 2. The molecule has 0 aliphatic carbocycles. The molecule has 0 aromatic heterocycles. The molecule has 1 fully saturated rings. The van der Waals surface area contributed by atoms with Crippen molar-refractivity contribution in [2.45, 2.75) is 31.8 Å². The van der Waals surface area contributed by atoms with Crippen LogP contribution in [-0.4, -0.2) is 36.2 Å². The van der Waals surface area contributed by atoms with Crippen LogP contribution in [0, 0.1) is 5.92 Å². The van der Waals surface area contributed by atoms with Crippen molar-refractivity contribution in [3.63, 3.8) is 0 Å². The summed E-state index contributed by atoms with van der Waals surface area (Å²) >= 11 is 0. The molecule has 1 saturated heterocycles. The standard InChI is InChI=1S/C16H21NO4/c18-15(10-14-7-4-8-21-14)17-11-13(16(19)20)9-12-5-2-1-3-6-12/h1-3,5-6,13-14H,4,7-11H2,(H,17,18)(H,19,20). The average Bonchev–Trinajstić information content (AvgIpc) is 2.97. The molecule has 21 heavy (non-hydrogen) atoms. The van der Waals surface area contributed by atoms with E-state index in [0.717, 1.165) is 18.4 Å². The highest BCUT2D eigenvalue weighted by molar-refractivity contribution is 5.77. The number of aliphatic carboxylic acids is 1. The number of hydrogen-bond acceptors (Lipinski definition) is 3. The van der Waals surface area contributed by atoms with Crippen molar-refractivity contribution in [2.75, 3.05) is 13.2 Å². The van der Waals surface area contributed by atoms with Crippen molar-refractivity contribution in [1.29, 1.82) is 0 Å². The lowest BCUT2D eigenvalue weighted by molar-refractivity contribution is -0.141. The summed E-state index contributed by atoms with van der Waals surface area (Å²) < 4.78 is 5.40. The van der Waals surface area contributed by atoms with E-state index in [1.54, 1.807) is 0 Å². The molecule has 2 atom stereocenters. The first-order valence-corrected chi connectivity index (χ1v) is 7.30. The van der Waals surface area contributed by atoms with Gasteiger partial charge in [-0.1, -0.05) is 30.3 Å². The van der Waals surface area contributed by atoms with Crippen LogP contribution in [0.3, 0.4) is 0 Å². The van der Waals surface area contributed by atoms with Crippen LogP contribution in [-0.2, 0) is 20.7 Å². The number of carboxylic acids is 1. The SMILES string of the molecule is O=C(CC1CCCO1)NCC(Cc1ccccc1)C(=O)O. The Hall–Kier alpha value is -1.88. The maximum Gasteiger partial charge on any atom is 0.308 e. The Morgan fingerprint density at radius 1 is 1.33 bits per heavy atom. The van der Waals surface area contributed by atoms with Crippen LogP contribution in [0.2, 0.25) is 0 Å². The van der Waals surface area contributed by atoms with Crippen LogP contribution in [0.1, 0.15) is 24.8 Å². The number of carbonyl (C=O) groups excluding carboxylic acids is 1. The Bertz CT molecular complexity index is 468. The monoisotopic (exact) mass is 291 g/mol. The molecule has 1 heterocycles. The summed E-state index contributed by atoms with van der Waals surface area (Å²) in [6.07, 6.45) is 2.61. The molecule has 1 aromatic rings. The third-order valence-electron chi connectivity index (χ3n) is 3.66. The Balaban J connectivity index is 1.79. The van der Waals surface area contributed by atoms with Crippen molar-refractivity contribution >= 4 is 11.9 Å². The van der Waals surface area contributed by atoms with Crippen LogP contribution < -0.4 is 5.32 Å². The highest BCUT2D eigenvalue weighted by atomic mass is 16.5. The molecule has 0 bridgehead atoms. The zero-order chi connectivity index (χ0) is 15.1. The van der Waals surface area contributed by atoms with Crippen molar-refractivity contribution in [2.24, 2.45) is 5.92 Å². The van der Waals surface area contributed by atoms with Gasteiger partial charge in [-0.2, -0.15) is 0 Å². The zero-order valence-electron chi connectivity index (χ0n) is 12.0. The Morgan fingerprint density at radius 2 is 2.10 bits per heavy atom. The highest BCUT2D eigenvalue weighted by Crippen LogP contribution is 2.15. The van der Waals surface area contributed by atoms with E-state index in [1.165, 1.54) is 0 Å². The lowest BCUT2D eigenvalue weighted by Crippen LogP contribution is -2.35. The second-order valence-corrected chi connectivity index (χ2v) is 5.37. The zero-order valence-corrected chi connectivity index (χ0v) is 12.0. The van der Waals surface area contributed by atoms with Crippen LogP contribution in [0.4, 0.5) is 0 Å². The molecule has 2 rings (SSSR count). The Kier molecular flexibility index (Phi) is 5.75. The van der Waals surface area contributed by atoms with Gasteiger partial charge in [-0.15, -0.1) is 0 Å². The van der Waals surface area contributed by atoms with E-state index >= 15 is 0 Å². The summed E-state index contributed by atoms with van der Waals surface area (Å²) in [5.74, 6) is -1.64. The number of amides is 1. The van der Waals surface area contributed by atoms with E-state index in [0.29, 0.717) is 19.4 Å². The second-order valence-electron chi connectivity index (χ2n) is 5.37. The topological polar surface area (TPSA) is 75.6 Å². The van der Waals surface area contributed by atoms with E-state index in [-0.39, 0.29) is 18.6 Å². The van der Waals surface area contributed by atoms with E-state index in [9.17, 15) is 14.7 Å². The van der Waals surface area contributed by atoms with Gasteiger partial charge in [-0.05, 0) is 24.8 Å². The summed E-state index contributed by atoms with van der Waals surface area (Å²) in [6.45, 7) is 0.861. The van der Waals surface area contributed by atoms with E-state index in [4.69, 9.17) is 4.74 Å². The summed E-state index contributed by atoms with van der Waals surface area (Å²) in [7, 11) is 0. The summed E-state index contributed by atoms with van der Waals surface area (Å²) in [5, 5.41) is 12.0. The maximum atomic E-state index is 11.8. The third kappa shape index (κ3) is 5.19. The number of ether oxygens (including phenoxy) is 1. The molecule has 5 heteroatoms. The molecular formula is C16H21NO4. The highest BCUT2D eigenvalue weighted by Gasteiger charge is 2.22. The molecule has 0 radical (unpaired) electrons. The van der Waals surface area contributed by atoms with Crippen LogP contribution in [0.5, 0.6) is 0 Å². The molecule has 1 aromatic carbocycles. The number of benzene rings is 1. The molecule has 1 aliphatic rings. The lowest BCUT2D eigenvalue weighted by Gasteiger charge is -2.15. The van der Waals surface area contributed by atoms with E-state index in [2.05, 4.69) is 5.32 Å². The minimum Gasteiger partial charge on any atom is -0.481 e. The van der Waals surface area contributed by atoms with Gasteiger partial charge in [0.2, 0.25) is 5.91 Å². The predicted octanol–water partition coefficient (Wildman–Crippen LogP) is 1.62. The van der Waals surface area contributed by atoms with Gasteiger partial charge in [0.05, 0.1) is 18.4 Å². The predicted molar refractivity (Wildman–Crippen MR) is 77.9 cm³/mol. The van der Waals surface area contributed by atoms with Crippen LogP contribution >= 0.6 is 0 Å². The fraction of sp³-hybridized carbons (Fsp3) is 0.500. The van der Waals surface area contributed by atoms with Crippen LogP contribution in [0.25, 0.3) is 0 Å². The van der Waals surface area contributed by atoms with Crippen molar-refractivity contribution < 1.29 is 19.4 Å².